The first kappa shape index (κ1) is 6.54. The standard InChI is InChI=1S/H5NO3P2/c1-6(3)4-5-2/h2,5-6H,(H2,1,3). The topological polar surface area (TPSA) is 73.5 Å². The number of hydrogen-bond acceptors (Lipinski definition) is 3. The van der Waals surface area contributed by atoms with Crippen LogP contribution in [0.25, 0.3) is 0 Å². The van der Waals surface area contributed by atoms with Gasteiger partial charge in [0.2, 0.25) is 0 Å². The summed E-state index contributed by atoms with van der Waals surface area (Å²) in [6, 6.07) is 0. The van der Waals surface area contributed by atoms with Crippen LogP contribution in [0.1, 0.15) is 0 Å². The third kappa shape index (κ3) is 4.54. The highest BCUT2D eigenvalue weighted by molar-refractivity contribution is 7.44. The molecule has 6 heavy (non-hydrogen) atoms. The van der Waals surface area contributed by atoms with E-state index in [4.69, 9.17) is 14.9 Å². The Morgan fingerprint density at radius 1 is 1.83 bits per heavy atom. The van der Waals surface area contributed by atoms with Crippen LogP contribution < -0.4 is 0 Å². The molecule has 2 unspecified atom stereocenters. The van der Waals surface area contributed by atoms with Crippen molar-refractivity contribution in [2.75, 3.05) is 0 Å². The average Bonchev–Trinajstić information content (AvgIpc) is 1.35. The zero-order valence-electron chi connectivity index (χ0n) is 2.80. The van der Waals surface area contributed by atoms with Gasteiger partial charge in [-0.05, 0) is 0 Å². The molecule has 2 atom stereocenters. The van der Waals surface area contributed by atoms with Crippen LogP contribution in [0.4, 0.5) is 0 Å². The first-order chi connectivity index (χ1) is 2.77. The molecule has 0 aliphatic carbocycles. The lowest BCUT2D eigenvalue weighted by Crippen LogP contribution is -1.51. The highest BCUT2D eigenvalue weighted by atomic mass is 31.2. The smallest absolute Gasteiger partial charge is 0.199 e. The first-order valence-corrected chi connectivity index (χ1v) is 3.32. The maximum atomic E-state index is 7.95. The molecule has 4 nitrogen and oxygen atoms in total. The van der Waals surface area contributed by atoms with Gasteiger partial charge >= 0.3 is 0 Å². The highest BCUT2D eigenvalue weighted by Gasteiger charge is 1.77. The molecule has 0 rings (SSSR count). The summed E-state index contributed by atoms with van der Waals surface area (Å²) in [5, 5.41) is 6.26. The minimum absolute atomic E-state index is 0.754. The van der Waals surface area contributed by atoms with Crippen molar-refractivity contribution >= 4 is 17.2 Å². The van der Waals surface area contributed by atoms with E-state index in [2.05, 4.69) is 4.31 Å². The van der Waals surface area contributed by atoms with Gasteiger partial charge in [0.15, 0.2) is 17.2 Å². The van der Waals surface area contributed by atoms with E-state index in [1.807, 2.05) is 0 Å². The monoisotopic (exact) mass is 129 g/mol. The molecule has 0 saturated carbocycles. The maximum absolute atomic E-state index is 7.95. The zero-order chi connectivity index (χ0) is 4.99. The zero-order valence-corrected chi connectivity index (χ0v) is 4.80. The Hall–Kier alpha value is 0.540. The fourth-order valence-electron chi connectivity index (χ4n) is 0.0432. The number of nitrogens with one attached hydrogen (secondary N) is 1. The third-order valence-corrected chi connectivity index (χ3v) is 1.28. The molecule has 0 aliphatic rings. The fraction of sp³-hybridized carbons (Fsp3) is 0. The van der Waals surface area contributed by atoms with E-state index in [1.165, 1.54) is 0 Å². The maximum Gasteiger partial charge on any atom is 0.199 e. The minimum atomic E-state index is -2.37. The summed E-state index contributed by atoms with van der Waals surface area (Å²) in [7, 11) is -3.13. The summed E-state index contributed by atoms with van der Waals surface area (Å²) in [5.74, 6) is 0. The van der Waals surface area contributed by atoms with Crippen molar-refractivity contribution in [2.45, 2.75) is 0 Å². The number of hydrogen-bond donors (Lipinski definition) is 3. The van der Waals surface area contributed by atoms with E-state index in [-0.39, 0.29) is 0 Å². The summed E-state index contributed by atoms with van der Waals surface area (Å²) in [5.41, 5.74) is 0. The van der Waals surface area contributed by atoms with Crippen molar-refractivity contribution in [3.05, 3.63) is 0 Å². The molecule has 0 heterocycles. The molecule has 3 N–H and O–H groups in total. The summed E-state index contributed by atoms with van der Waals surface area (Å²) < 4.78 is 3.95. The van der Waals surface area contributed by atoms with E-state index in [0.29, 0.717) is 0 Å². The Balaban J connectivity index is 2.83. The molecule has 0 aromatic heterocycles. The molecule has 0 bridgehead atoms. The molecule has 38 valence electrons. The van der Waals surface area contributed by atoms with E-state index < -0.39 is 17.2 Å². The quantitative estimate of drug-likeness (QED) is 0.469. The van der Waals surface area contributed by atoms with Crippen LogP contribution in [0.15, 0.2) is 0 Å². The molecule has 0 spiro atoms. The Labute approximate surface area is 37.5 Å². The summed E-state index contributed by atoms with van der Waals surface area (Å²) in [4.78, 5) is 15.7. The van der Waals surface area contributed by atoms with E-state index >= 15 is 0 Å². The van der Waals surface area contributed by atoms with Crippen LogP contribution in [-0.4, -0.2) is 9.79 Å². The first-order valence-electron chi connectivity index (χ1n) is 1.11. The van der Waals surface area contributed by atoms with Gasteiger partial charge in [-0.25, -0.2) is 0 Å². The van der Waals surface area contributed by atoms with E-state index in [9.17, 15) is 0 Å². The van der Waals surface area contributed by atoms with Crippen LogP contribution >= 0.6 is 17.2 Å². The van der Waals surface area contributed by atoms with Gasteiger partial charge in [-0.3, -0.25) is 9.47 Å². The lowest BCUT2D eigenvalue weighted by Gasteiger charge is -1.88. The Kier molecular flexibility index (Phi) is 4.06. The van der Waals surface area contributed by atoms with Crippen LogP contribution in [0.2, 0.25) is 0 Å². The van der Waals surface area contributed by atoms with Crippen LogP contribution in [0, 0.1) is 5.16 Å². The summed E-state index contributed by atoms with van der Waals surface area (Å²) >= 11 is 0. The highest BCUT2D eigenvalue weighted by Crippen LogP contribution is 2.25. The fourth-order valence-corrected chi connectivity index (χ4v) is 0.389. The van der Waals surface area contributed by atoms with Gasteiger partial charge in [0.1, 0.15) is 0 Å². The number of rotatable bonds is 2. The van der Waals surface area contributed by atoms with Gasteiger partial charge in [-0.2, -0.15) is 0 Å². The largest absolute Gasteiger partial charge is 0.352 e. The van der Waals surface area contributed by atoms with Crippen molar-refractivity contribution in [2.24, 2.45) is 0 Å². The van der Waals surface area contributed by atoms with Crippen LogP contribution in [-0.2, 0) is 4.31 Å². The normalized spacial score (nSPS) is 16.3. The molecule has 0 saturated heterocycles. The SMILES string of the molecule is N=[PH](O)OPO. The van der Waals surface area contributed by atoms with E-state index in [0.717, 1.165) is 0 Å². The second kappa shape index (κ2) is 3.72. The van der Waals surface area contributed by atoms with Crippen molar-refractivity contribution in [1.29, 1.82) is 5.16 Å². The second-order valence-corrected chi connectivity index (χ2v) is 2.11. The predicted octanol–water partition coefficient (Wildman–Crippen LogP) is 0.303. The van der Waals surface area contributed by atoms with Crippen LogP contribution in [0.3, 0.4) is 0 Å². The molecule has 0 fully saturated rings. The molecule has 0 amide bonds. The van der Waals surface area contributed by atoms with Gasteiger partial charge in [0.05, 0.1) is 0 Å². The summed E-state index contributed by atoms with van der Waals surface area (Å²) in [6.07, 6.45) is 0. The molecular formula is H5NO3P2. The lowest BCUT2D eigenvalue weighted by atomic mass is 14.0. The average molecular weight is 129 g/mol. The Morgan fingerprint density at radius 2 is 2.33 bits per heavy atom. The predicted molar refractivity (Wildman–Crippen MR) is 24.9 cm³/mol. The van der Waals surface area contributed by atoms with Gasteiger partial charge in [-0.15, -0.1) is 0 Å². The van der Waals surface area contributed by atoms with Crippen molar-refractivity contribution in [3.63, 3.8) is 0 Å². The lowest BCUT2D eigenvalue weighted by molar-refractivity contribution is 0.483. The minimum Gasteiger partial charge on any atom is -0.352 e. The third-order valence-electron chi connectivity index (χ3n) is 0.142. The van der Waals surface area contributed by atoms with Gasteiger partial charge in [0, 0.05) is 0 Å². The molecule has 6 heteroatoms. The van der Waals surface area contributed by atoms with Gasteiger partial charge in [0.25, 0.3) is 0 Å². The molecular weight excluding hydrogens is 124 g/mol. The van der Waals surface area contributed by atoms with Gasteiger partial charge < -0.3 is 9.79 Å². The van der Waals surface area contributed by atoms with Crippen molar-refractivity contribution in [1.82, 2.24) is 0 Å². The molecule has 0 aromatic carbocycles. The van der Waals surface area contributed by atoms with Crippen LogP contribution in [0.5, 0.6) is 0 Å². The van der Waals surface area contributed by atoms with Crippen molar-refractivity contribution < 1.29 is 14.1 Å². The molecule has 0 aromatic rings. The molecule has 0 radical (unpaired) electrons. The van der Waals surface area contributed by atoms with E-state index in [1.54, 1.807) is 0 Å². The molecule has 0 aliphatic heterocycles. The second-order valence-electron chi connectivity index (χ2n) is 0.499. The Morgan fingerprint density at radius 3 is 2.33 bits per heavy atom. The summed E-state index contributed by atoms with van der Waals surface area (Å²) in [6.45, 7) is 0. The van der Waals surface area contributed by atoms with Crippen molar-refractivity contribution in [3.8, 4) is 0 Å². The Bertz CT molecular complexity index is 52.8. The van der Waals surface area contributed by atoms with Gasteiger partial charge in [-0.1, -0.05) is 0 Å².